The smallest absolute Gasteiger partial charge is 0.322 e. The van der Waals surface area contributed by atoms with Crippen molar-refractivity contribution in [3.8, 4) is 0 Å². The lowest BCUT2D eigenvalue weighted by atomic mass is 10.2. The standard InChI is InChI=1S/C13H16FNO4S2/c1-3-12-15(10(7-20-12)13(16)17)21(18,19)11-6-8(2)4-5-9(11)14/h4-6,10,12H,3,7H2,1-2H3,(H,16,17). The number of rotatable bonds is 4. The monoisotopic (exact) mass is 333 g/mol. The van der Waals surface area contributed by atoms with Gasteiger partial charge in [-0.2, -0.15) is 4.31 Å². The van der Waals surface area contributed by atoms with Crippen LogP contribution in [0.2, 0.25) is 0 Å². The molecule has 0 saturated carbocycles. The second-order valence-electron chi connectivity index (χ2n) is 4.82. The van der Waals surface area contributed by atoms with Crippen LogP contribution in [-0.4, -0.2) is 41.0 Å². The van der Waals surface area contributed by atoms with Crippen molar-refractivity contribution in [3.63, 3.8) is 0 Å². The van der Waals surface area contributed by atoms with Crippen molar-refractivity contribution in [2.75, 3.05) is 5.75 Å². The van der Waals surface area contributed by atoms with Crippen molar-refractivity contribution in [1.29, 1.82) is 0 Å². The summed E-state index contributed by atoms with van der Waals surface area (Å²) in [6, 6.07) is 2.63. The van der Waals surface area contributed by atoms with Crippen LogP contribution in [0.25, 0.3) is 0 Å². The van der Waals surface area contributed by atoms with Crippen molar-refractivity contribution < 1.29 is 22.7 Å². The Morgan fingerprint density at radius 2 is 2.19 bits per heavy atom. The molecule has 8 heteroatoms. The summed E-state index contributed by atoms with van der Waals surface area (Å²) in [5.41, 5.74) is 0.599. The van der Waals surface area contributed by atoms with E-state index in [4.69, 9.17) is 0 Å². The Morgan fingerprint density at radius 1 is 1.52 bits per heavy atom. The Balaban J connectivity index is 2.54. The van der Waals surface area contributed by atoms with Crippen LogP contribution in [0.3, 0.4) is 0 Å². The number of benzene rings is 1. The summed E-state index contributed by atoms with van der Waals surface area (Å²) >= 11 is 1.26. The van der Waals surface area contributed by atoms with Gasteiger partial charge in [-0.1, -0.05) is 13.0 Å². The predicted molar refractivity (Wildman–Crippen MR) is 78.1 cm³/mol. The predicted octanol–water partition coefficient (Wildman–Crippen LogP) is 2.06. The molecule has 1 N–H and O–H groups in total. The summed E-state index contributed by atoms with van der Waals surface area (Å²) < 4.78 is 40.2. The number of nitrogens with zero attached hydrogens (tertiary/aromatic N) is 1. The van der Waals surface area contributed by atoms with Gasteiger partial charge in [-0.05, 0) is 31.0 Å². The highest BCUT2D eigenvalue weighted by Crippen LogP contribution is 2.37. The quantitative estimate of drug-likeness (QED) is 0.913. The first-order valence-electron chi connectivity index (χ1n) is 6.43. The van der Waals surface area contributed by atoms with E-state index in [-0.39, 0.29) is 5.75 Å². The first kappa shape index (κ1) is 16.3. The van der Waals surface area contributed by atoms with Gasteiger partial charge in [0.05, 0.1) is 5.37 Å². The molecule has 0 aromatic heterocycles. The molecule has 116 valence electrons. The van der Waals surface area contributed by atoms with Crippen LogP contribution in [0.5, 0.6) is 0 Å². The molecule has 0 spiro atoms. The van der Waals surface area contributed by atoms with Crippen LogP contribution >= 0.6 is 11.8 Å². The number of hydrogen-bond donors (Lipinski definition) is 1. The first-order valence-corrected chi connectivity index (χ1v) is 8.92. The van der Waals surface area contributed by atoms with E-state index >= 15 is 0 Å². The van der Waals surface area contributed by atoms with Crippen LogP contribution in [-0.2, 0) is 14.8 Å². The lowest BCUT2D eigenvalue weighted by Gasteiger charge is -2.26. The highest BCUT2D eigenvalue weighted by Gasteiger charge is 2.46. The topological polar surface area (TPSA) is 74.7 Å². The van der Waals surface area contributed by atoms with Gasteiger partial charge in [0.1, 0.15) is 16.8 Å². The normalized spacial score (nSPS) is 23.4. The van der Waals surface area contributed by atoms with Crippen molar-refractivity contribution in [2.45, 2.75) is 36.6 Å². The number of carbonyl (C=O) groups is 1. The molecule has 1 aromatic carbocycles. The summed E-state index contributed by atoms with van der Waals surface area (Å²) in [7, 11) is -4.19. The molecule has 1 heterocycles. The summed E-state index contributed by atoms with van der Waals surface area (Å²) in [5.74, 6) is -1.91. The van der Waals surface area contributed by atoms with Gasteiger partial charge in [0.25, 0.3) is 0 Å². The molecule has 1 aliphatic heterocycles. The molecule has 2 unspecified atom stereocenters. The van der Waals surface area contributed by atoms with Crippen LogP contribution in [0.15, 0.2) is 23.1 Å². The Labute approximate surface area is 127 Å². The van der Waals surface area contributed by atoms with E-state index < -0.39 is 38.1 Å². The second-order valence-corrected chi connectivity index (χ2v) is 7.84. The van der Waals surface area contributed by atoms with Crippen LogP contribution < -0.4 is 0 Å². The van der Waals surface area contributed by atoms with Crippen LogP contribution in [0, 0.1) is 12.7 Å². The minimum atomic E-state index is -4.19. The molecule has 21 heavy (non-hydrogen) atoms. The Morgan fingerprint density at radius 3 is 2.76 bits per heavy atom. The zero-order valence-corrected chi connectivity index (χ0v) is 13.2. The molecule has 5 nitrogen and oxygen atoms in total. The maximum Gasteiger partial charge on any atom is 0.322 e. The maximum absolute atomic E-state index is 13.9. The van der Waals surface area contributed by atoms with E-state index in [0.717, 1.165) is 10.4 Å². The zero-order valence-electron chi connectivity index (χ0n) is 11.6. The number of thioether (sulfide) groups is 1. The fraction of sp³-hybridized carbons (Fsp3) is 0.462. The van der Waals surface area contributed by atoms with Crippen molar-refractivity contribution in [2.24, 2.45) is 0 Å². The van der Waals surface area contributed by atoms with Crippen LogP contribution in [0.4, 0.5) is 4.39 Å². The highest BCUT2D eigenvalue weighted by molar-refractivity contribution is 8.01. The number of hydrogen-bond acceptors (Lipinski definition) is 4. The highest BCUT2D eigenvalue weighted by atomic mass is 32.2. The van der Waals surface area contributed by atoms with E-state index in [0.29, 0.717) is 12.0 Å². The molecule has 0 bridgehead atoms. The van der Waals surface area contributed by atoms with E-state index in [1.165, 1.54) is 23.9 Å². The van der Waals surface area contributed by atoms with Crippen LogP contribution in [0.1, 0.15) is 18.9 Å². The Hall–Kier alpha value is -1.12. The third-order valence-electron chi connectivity index (χ3n) is 3.31. The molecule has 1 fully saturated rings. The summed E-state index contributed by atoms with van der Waals surface area (Å²) in [5, 5.41) is 8.73. The van der Waals surface area contributed by atoms with Gasteiger partial charge in [0, 0.05) is 5.75 Å². The molecule has 1 aromatic rings. The number of carboxylic acid groups (broad SMARTS) is 1. The molecule has 0 amide bonds. The minimum Gasteiger partial charge on any atom is -0.480 e. The van der Waals surface area contributed by atoms with Crippen molar-refractivity contribution in [3.05, 3.63) is 29.6 Å². The van der Waals surface area contributed by atoms with Gasteiger partial charge >= 0.3 is 5.97 Å². The largest absolute Gasteiger partial charge is 0.480 e. The lowest BCUT2D eigenvalue weighted by Crippen LogP contribution is -2.45. The van der Waals surface area contributed by atoms with Gasteiger partial charge in [0.15, 0.2) is 0 Å². The summed E-state index contributed by atoms with van der Waals surface area (Å²) in [4.78, 5) is 10.8. The molecule has 1 aliphatic rings. The number of carboxylic acids is 1. The molecular weight excluding hydrogens is 317 g/mol. The second kappa shape index (κ2) is 5.94. The Bertz CT molecular complexity index is 662. The van der Waals surface area contributed by atoms with Gasteiger partial charge in [-0.15, -0.1) is 11.8 Å². The maximum atomic E-state index is 13.9. The number of aryl methyl sites for hydroxylation is 1. The first-order chi connectivity index (χ1) is 9.78. The van der Waals surface area contributed by atoms with E-state index in [1.807, 2.05) is 0 Å². The Kier molecular flexibility index (Phi) is 4.60. The summed E-state index contributed by atoms with van der Waals surface area (Å²) in [6.07, 6.45) is 0.459. The number of halogens is 1. The third kappa shape index (κ3) is 2.93. The van der Waals surface area contributed by atoms with E-state index in [9.17, 15) is 22.7 Å². The van der Waals surface area contributed by atoms with Gasteiger partial charge < -0.3 is 5.11 Å². The average molecular weight is 333 g/mol. The van der Waals surface area contributed by atoms with Crippen molar-refractivity contribution in [1.82, 2.24) is 4.31 Å². The minimum absolute atomic E-state index is 0.167. The van der Waals surface area contributed by atoms with Crippen molar-refractivity contribution >= 4 is 27.8 Å². The van der Waals surface area contributed by atoms with Gasteiger partial charge in [0.2, 0.25) is 10.0 Å². The number of sulfonamides is 1. The van der Waals surface area contributed by atoms with Gasteiger partial charge in [-0.3, -0.25) is 4.79 Å². The van der Waals surface area contributed by atoms with E-state index in [2.05, 4.69) is 0 Å². The third-order valence-corrected chi connectivity index (χ3v) is 6.83. The zero-order chi connectivity index (χ0) is 15.8. The van der Waals surface area contributed by atoms with E-state index in [1.54, 1.807) is 13.8 Å². The molecular formula is C13H16FNO4S2. The van der Waals surface area contributed by atoms with Gasteiger partial charge in [-0.25, -0.2) is 12.8 Å². The lowest BCUT2D eigenvalue weighted by molar-refractivity contribution is -0.140. The summed E-state index contributed by atoms with van der Waals surface area (Å²) in [6.45, 7) is 3.43. The fourth-order valence-corrected chi connectivity index (χ4v) is 5.96. The SMILES string of the molecule is CCC1SCC(C(=O)O)N1S(=O)(=O)c1cc(C)ccc1F. The molecule has 2 atom stereocenters. The fourth-order valence-electron chi connectivity index (χ4n) is 2.27. The molecule has 0 radical (unpaired) electrons. The molecule has 0 aliphatic carbocycles. The number of aliphatic carboxylic acids is 1. The molecule has 1 saturated heterocycles. The average Bonchev–Trinajstić information content (AvgIpc) is 2.86. The molecule has 2 rings (SSSR count).